The topological polar surface area (TPSA) is 61.9 Å². The van der Waals surface area contributed by atoms with E-state index in [4.69, 9.17) is 4.74 Å². The highest BCUT2D eigenvalue weighted by Crippen LogP contribution is 2.19. The Labute approximate surface area is 166 Å². The lowest BCUT2D eigenvalue weighted by Gasteiger charge is -2.23. The van der Waals surface area contributed by atoms with Crippen LogP contribution in [0.4, 0.5) is 5.69 Å². The van der Waals surface area contributed by atoms with Crippen LogP contribution in [0.15, 0.2) is 54.6 Å². The molecule has 0 radical (unpaired) electrons. The first kappa shape index (κ1) is 20.0. The van der Waals surface area contributed by atoms with Crippen LogP contribution in [0.1, 0.15) is 27.1 Å². The van der Waals surface area contributed by atoms with Gasteiger partial charge in [0.1, 0.15) is 0 Å². The predicted octanol–water partition coefficient (Wildman–Crippen LogP) is 2.73. The molecule has 3 rings (SSSR count). The fourth-order valence-corrected chi connectivity index (χ4v) is 3.35. The Morgan fingerprint density at radius 3 is 2.50 bits per heavy atom. The average molecular weight is 381 g/mol. The van der Waals surface area contributed by atoms with Gasteiger partial charge >= 0.3 is 0 Å². The number of amides is 2. The maximum Gasteiger partial charge on any atom is 0.256 e. The number of carbonyl (C=O) groups is 2. The van der Waals surface area contributed by atoms with E-state index in [1.807, 2.05) is 35.2 Å². The van der Waals surface area contributed by atoms with Crippen LogP contribution in [0.25, 0.3) is 0 Å². The largest absolute Gasteiger partial charge is 0.383 e. The molecule has 1 heterocycles. The Kier molecular flexibility index (Phi) is 7.17. The maximum atomic E-state index is 13.1. The summed E-state index contributed by atoms with van der Waals surface area (Å²) in [6.45, 7) is 4.74. The summed E-state index contributed by atoms with van der Waals surface area (Å²) < 4.78 is 5.16. The summed E-state index contributed by atoms with van der Waals surface area (Å²) in [4.78, 5) is 29.8. The van der Waals surface area contributed by atoms with Gasteiger partial charge in [-0.2, -0.15) is 0 Å². The molecule has 6 heteroatoms. The van der Waals surface area contributed by atoms with Gasteiger partial charge in [0.2, 0.25) is 0 Å². The number of carbonyl (C=O) groups excluding carboxylic acids is 2. The minimum atomic E-state index is -0.220. The van der Waals surface area contributed by atoms with Crippen LogP contribution in [-0.4, -0.2) is 68.1 Å². The van der Waals surface area contributed by atoms with Gasteiger partial charge in [0.05, 0.1) is 17.9 Å². The number of para-hydroxylation sites is 1. The Balaban J connectivity index is 1.69. The lowest BCUT2D eigenvalue weighted by molar-refractivity contribution is 0.0760. The van der Waals surface area contributed by atoms with E-state index in [0.29, 0.717) is 36.5 Å². The third kappa shape index (κ3) is 5.18. The van der Waals surface area contributed by atoms with Crippen molar-refractivity contribution in [2.45, 2.75) is 6.42 Å². The first-order valence-corrected chi connectivity index (χ1v) is 9.65. The monoisotopic (exact) mass is 381 g/mol. The smallest absolute Gasteiger partial charge is 0.256 e. The molecule has 2 aromatic carbocycles. The molecule has 6 nitrogen and oxygen atoms in total. The van der Waals surface area contributed by atoms with Crippen LogP contribution < -0.4 is 5.32 Å². The van der Waals surface area contributed by atoms with Crippen molar-refractivity contribution in [3.63, 3.8) is 0 Å². The molecule has 28 heavy (non-hydrogen) atoms. The van der Waals surface area contributed by atoms with E-state index >= 15 is 0 Å². The number of anilines is 1. The van der Waals surface area contributed by atoms with Gasteiger partial charge in [0.15, 0.2) is 0 Å². The van der Waals surface area contributed by atoms with E-state index in [0.717, 1.165) is 26.1 Å². The number of nitrogens with one attached hydrogen (secondary N) is 1. The second-order valence-electron chi connectivity index (χ2n) is 6.85. The fourth-order valence-electron chi connectivity index (χ4n) is 3.35. The van der Waals surface area contributed by atoms with Gasteiger partial charge in [-0.25, -0.2) is 0 Å². The van der Waals surface area contributed by atoms with Gasteiger partial charge in [-0.05, 0) is 37.2 Å². The zero-order chi connectivity index (χ0) is 19.8. The summed E-state index contributed by atoms with van der Waals surface area (Å²) in [5.74, 6) is -0.264. The van der Waals surface area contributed by atoms with E-state index < -0.39 is 0 Å². The molecule has 1 aliphatic rings. The van der Waals surface area contributed by atoms with Crippen LogP contribution in [-0.2, 0) is 4.74 Å². The standard InChI is InChI=1S/C22H27N3O3/c1-28-17-16-24-12-7-13-25(15-14-24)22(27)19-10-5-6-11-20(19)23-21(26)18-8-3-2-4-9-18/h2-6,8-11H,7,12-17H2,1H3,(H,23,26). The first-order chi connectivity index (χ1) is 13.7. The average Bonchev–Trinajstić information content (AvgIpc) is 2.98. The summed E-state index contributed by atoms with van der Waals surface area (Å²) in [7, 11) is 1.70. The zero-order valence-corrected chi connectivity index (χ0v) is 16.3. The summed E-state index contributed by atoms with van der Waals surface area (Å²) in [6.07, 6.45) is 0.925. The summed E-state index contributed by atoms with van der Waals surface area (Å²) >= 11 is 0. The van der Waals surface area contributed by atoms with E-state index in [9.17, 15) is 9.59 Å². The van der Waals surface area contributed by atoms with E-state index in [1.165, 1.54) is 0 Å². The number of hydrogen-bond donors (Lipinski definition) is 1. The van der Waals surface area contributed by atoms with Crippen molar-refractivity contribution in [2.75, 3.05) is 51.8 Å². The van der Waals surface area contributed by atoms with Gasteiger partial charge in [-0.1, -0.05) is 30.3 Å². The van der Waals surface area contributed by atoms with Crippen LogP contribution in [0, 0.1) is 0 Å². The second-order valence-corrected chi connectivity index (χ2v) is 6.85. The molecule has 0 unspecified atom stereocenters. The highest BCUT2D eigenvalue weighted by Gasteiger charge is 2.22. The van der Waals surface area contributed by atoms with Crippen LogP contribution in [0.3, 0.4) is 0 Å². The molecule has 0 spiro atoms. The second kappa shape index (κ2) is 10.0. The maximum absolute atomic E-state index is 13.1. The molecule has 0 saturated carbocycles. The number of ether oxygens (including phenoxy) is 1. The van der Waals surface area contributed by atoms with Crippen molar-refractivity contribution in [3.8, 4) is 0 Å². The predicted molar refractivity (Wildman–Crippen MR) is 110 cm³/mol. The minimum absolute atomic E-state index is 0.0439. The summed E-state index contributed by atoms with van der Waals surface area (Å²) in [5, 5.41) is 2.89. The molecular formula is C22H27N3O3. The molecule has 2 amide bonds. The van der Waals surface area contributed by atoms with Gasteiger partial charge in [0.25, 0.3) is 11.8 Å². The van der Waals surface area contributed by atoms with Crippen molar-refractivity contribution in [2.24, 2.45) is 0 Å². The molecule has 0 atom stereocenters. The molecule has 0 bridgehead atoms. The molecule has 2 aromatic rings. The number of rotatable bonds is 6. The summed E-state index contributed by atoms with van der Waals surface area (Å²) in [5.41, 5.74) is 1.63. The molecular weight excluding hydrogens is 354 g/mol. The molecule has 0 aromatic heterocycles. The van der Waals surface area contributed by atoms with Crippen molar-refractivity contribution in [3.05, 3.63) is 65.7 Å². The number of benzene rings is 2. The van der Waals surface area contributed by atoms with Crippen LogP contribution in [0.2, 0.25) is 0 Å². The normalized spacial score (nSPS) is 15.1. The Bertz CT molecular complexity index is 795. The Hall–Kier alpha value is -2.70. The van der Waals surface area contributed by atoms with E-state index in [2.05, 4.69) is 10.2 Å². The number of methoxy groups -OCH3 is 1. The molecule has 1 N–H and O–H groups in total. The third-order valence-corrected chi connectivity index (χ3v) is 4.93. The molecule has 1 aliphatic heterocycles. The number of hydrogen-bond acceptors (Lipinski definition) is 4. The number of nitrogens with zero attached hydrogens (tertiary/aromatic N) is 2. The Morgan fingerprint density at radius 1 is 0.964 bits per heavy atom. The fraction of sp³-hybridized carbons (Fsp3) is 0.364. The van der Waals surface area contributed by atoms with Crippen LogP contribution >= 0.6 is 0 Å². The van der Waals surface area contributed by atoms with Crippen molar-refractivity contribution < 1.29 is 14.3 Å². The first-order valence-electron chi connectivity index (χ1n) is 9.65. The Morgan fingerprint density at radius 2 is 1.71 bits per heavy atom. The van der Waals surface area contributed by atoms with Gasteiger partial charge < -0.3 is 15.0 Å². The van der Waals surface area contributed by atoms with Crippen molar-refractivity contribution in [1.29, 1.82) is 0 Å². The third-order valence-electron chi connectivity index (χ3n) is 4.93. The van der Waals surface area contributed by atoms with Crippen molar-refractivity contribution >= 4 is 17.5 Å². The molecule has 1 saturated heterocycles. The van der Waals surface area contributed by atoms with Crippen molar-refractivity contribution in [1.82, 2.24) is 9.80 Å². The lowest BCUT2D eigenvalue weighted by atomic mass is 10.1. The lowest BCUT2D eigenvalue weighted by Crippen LogP contribution is -2.36. The van der Waals surface area contributed by atoms with Gasteiger partial charge in [-0.3, -0.25) is 14.5 Å². The van der Waals surface area contributed by atoms with E-state index in [-0.39, 0.29) is 11.8 Å². The summed E-state index contributed by atoms with van der Waals surface area (Å²) in [6, 6.07) is 16.2. The van der Waals surface area contributed by atoms with Gasteiger partial charge in [0, 0.05) is 38.9 Å². The molecule has 0 aliphatic carbocycles. The van der Waals surface area contributed by atoms with E-state index in [1.54, 1.807) is 31.4 Å². The highest BCUT2D eigenvalue weighted by atomic mass is 16.5. The minimum Gasteiger partial charge on any atom is -0.383 e. The highest BCUT2D eigenvalue weighted by molar-refractivity contribution is 6.09. The zero-order valence-electron chi connectivity index (χ0n) is 16.3. The van der Waals surface area contributed by atoms with Crippen LogP contribution in [0.5, 0.6) is 0 Å². The molecule has 148 valence electrons. The SMILES string of the molecule is COCCN1CCCN(C(=O)c2ccccc2NC(=O)c2ccccc2)CC1. The molecule has 1 fully saturated rings. The van der Waals surface area contributed by atoms with Gasteiger partial charge in [-0.15, -0.1) is 0 Å². The quantitative estimate of drug-likeness (QED) is 0.836.